The molecule has 2 rings (SSSR count). The van der Waals surface area contributed by atoms with Crippen molar-refractivity contribution >= 4 is 23.3 Å². The van der Waals surface area contributed by atoms with E-state index in [2.05, 4.69) is 12.2 Å². The molecule has 0 aromatic heterocycles. The molecule has 0 saturated carbocycles. The first kappa shape index (κ1) is 19.3. The number of nitrogens with one attached hydrogen (secondary N) is 1. The number of para-hydroxylation sites is 1. The van der Waals surface area contributed by atoms with E-state index < -0.39 is 11.9 Å². The molecule has 0 aliphatic heterocycles. The van der Waals surface area contributed by atoms with Gasteiger partial charge < -0.3 is 20.1 Å². The molecule has 0 spiro atoms. The van der Waals surface area contributed by atoms with Gasteiger partial charge in [0, 0.05) is 19.3 Å². The van der Waals surface area contributed by atoms with Gasteiger partial charge in [-0.3, -0.25) is 4.79 Å². The first-order chi connectivity index (χ1) is 12.5. The van der Waals surface area contributed by atoms with Gasteiger partial charge in [-0.05, 0) is 36.8 Å². The molecule has 6 nitrogen and oxygen atoms in total. The molecule has 2 N–H and O–H groups in total. The van der Waals surface area contributed by atoms with Crippen LogP contribution in [0.15, 0.2) is 48.5 Å². The van der Waals surface area contributed by atoms with Gasteiger partial charge in [0.1, 0.15) is 5.75 Å². The standard InChI is InChI=1S/C20H24N2O4/c1-3-4-12-22(2)15-10-11-18(17(13-15)20(24)25)21-19(23)14-26-16-8-6-5-7-9-16/h5-11,13H,3-4,12,14H2,1-2H3,(H,21,23)(H,24,25). The van der Waals surface area contributed by atoms with Gasteiger partial charge in [0.15, 0.2) is 6.61 Å². The molecule has 2 aromatic rings. The van der Waals surface area contributed by atoms with Crippen LogP contribution in [0.2, 0.25) is 0 Å². The number of aromatic carboxylic acids is 1. The van der Waals surface area contributed by atoms with Gasteiger partial charge in [0.25, 0.3) is 5.91 Å². The molecule has 0 fully saturated rings. The highest BCUT2D eigenvalue weighted by molar-refractivity contribution is 6.01. The zero-order valence-corrected chi connectivity index (χ0v) is 15.1. The maximum atomic E-state index is 12.1. The van der Waals surface area contributed by atoms with Crippen molar-refractivity contribution in [3.05, 3.63) is 54.1 Å². The number of ether oxygens (including phenoxy) is 1. The number of rotatable bonds is 9. The Hall–Kier alpha value is -3.02. The second kappa shape index (κ2) is 9.46. The Bertz CT molecular complexity index is 747. The molecule has 0 radical (unpaired) electrons. The number of amides is 1. The molecule has 0 bridgehead atoms. The van der Waals surface area contributed by atoms with E-state index in [0.29, 0.717) is 5.75 Å². The second-order valence-electron chi connectivity index (χ2n) is 5.96. The van der Waals surface area contributed by atoms with Gasteiger partial charge in [-0.25, -0.2) is 4.79 Å². The number of hydrogen-bond donors (Lipinski definition) is 2. The van der Waals surface area contributed by atoms with Crippen molar-refractivity contribution < 1.29 is 19.4 Å². The Balaban J connectivity index is 2.05. The van der Waals surface area contributed by atoms with E-state index >= 15 is 0 Å². The second-order valence-corrected chi connectivity index (χ2v) is 5.96. The molecule has 138 valence electrons. The molecule has 1 amide bonds. The molecule has 0 aliphatic rings. The minimum Gasteiger partial charge on any atom is -0.484 e. The summed E-state index contributed by atoms with van der Waals surface area (Å²) in [5.41, 5.74) is 1.11. The molecule has 6 heteroatoms. The number of hydrogen-bond acceptors (Lipinski definition) is 4. The van der Waals surface area contributed by atoms with E-state index in [9.17, 15) is 14.7 Å². The van der Waals surface area contributed by atoms with Crippen LogP contribution in [0.4, 0.5) is 11.4 Å². The number of carboxylic acid groups (broad SMARTS) is 1. The summed E-state index contributed by atoms with van der Waals surface area (Å²) in [5.74, 6) is -0.924. The number of anilines is 2. The Kier molecular flexibility index (Phi) is 7.02. The van der Waals surface area contributed by atoms with E-state index in [1.807, 2.05) is 30.1 Å². The minimum atomic E-state index is -1.09. The maximum Gasteiger partial charge on any atom is 0.337 e. The normalized spacial score (nSPS) is 10.2. The summed E-state index contributed by atoms with van der Waals surface area (Å²) < 4.78 is 5.38. The van der Waals surface area contributed by atoms with Crippen LogP contribution in [-0.4, -0.2) is 37.2 Å². The van der Waals surface area contributed by atoms with Crippen LogP contribution in [0.3, 0.4) is 0 Å². The molecular weight excluding hydrogens is 332 g/mol. The van der Waals surface area contributed by atoms with Crippen molar-refractivity contribution in [3.63, 3.8) is 0 Å². The fourth-order valence-corrected chi connectivity index (χ4v) is 2.43. The number of carbonyl (C=O) groups excluding carboxylic acids is 1. The Labute approximate surface area is 153 Å². The predicted octanol–water partition coefficient (Wildman–Crippen LogP) is 3.64. The SMILES string of the molecule is CCCCN(C)c1ccc(NC(=O)COc2ccccc2)c(C(=O)O)c1. The zero-order valence-electron chi connectivity index (χ0n) is 15.1. The molecule has 2 aromatic carbocycles. The summed E-state index contributed by atoms with van der Waals surface area (Å²) in [5, 5.41) is 12.1. The minimum absolute atomic E-state index is 0.0545. The van der Waals surface area contributed by atoms with Gasteiger partial charge in [0.2, 0.25) is 0 Å². The highest BCUT2D eigenvalue weighted by Gasteiger charge is 2.15. The van der Waals surface area contributed by atoms with Crippen molar-refractivity contribution in [1.82, 2.24) is 0 Å². The first-order valence-electron chi connectivity index (χ1n) is 8.57. The molecule has 0 aliphatic carbocycles. The van der Waals surface area contributed by atoms with E-state index in [1.54, 1.807) is 30.3 Å². The van der Waals surface area contributed by atoms with Crippen LogP contribution in [0.1, 0.15) is 30.1 Å². The van der Waals surface area contributed by atoms with E-state index in [0.717, 1.165) is 25.1 Å². The van der Waals surface area contributed by atoms with Gasteiger partial charge in [-0.15, -0.1) is 0 Å². The highest BCUT2D eigenvalue weighted by Crippen LogP contribution is 2.23. The lowest BCUT2D eigenvalue weighted by atomic mass is 10.1. The lowest BCUT2D eigenvalue weighted by Crippen LogP contribution is -2.22. The smallest absolute Gasteiger partial charge is 0.337 e. The Morgan fingerprint density at radius 2 is 1.88 bits per heavy atom. The zero-order chi connectivity index (χ0) is 18.9. The molecule has 0 saturated heterocycles. The predicted molar refractivity (Wildman–Crippen MR) is 102 cm³/mol. The summed E-state index contributed by atoms with van der Waals surface area (Å²) in [6.07, 6.45) is 2.08. The maximum absolute atomic E-state index is 12.1. The summed E-state index contributed by atoms with van der Waals surface area (Å²) in [7, 11) is 1.92. The molecule has 0 unspecified atom stereocenters. The van der Waals surface area contributed by atoms with Crippen molar-refractivity contribution in [2.45, 2.75) is 19.8 Å². The fourth-order valence-electron chi connectivity index (χ4n) is 2.43. The van der Waals surface area contributed by atoms with E-state index in [-0.39, 0.29) is 17.9 Å². The average Bonchev–Trinajstić information content (AvgIpc) is 2.65. The molecule has 0 atom stereocenters. The summed E-state index contributed by atoms with van der Waals surface area (Å²) in [6, 6.07) is 14.0. The third kappa shape index (κ3) is 5.51. The fraction of sp³-hybridized carbons (Fsp3) is 0.300. The van der Waals surface area contributed by atoms with Crippen molar-refractivity contribution in [3.8, 4) is 5.75 Å². The van der Waals surface area contributed by atoms with Gasteiger partial charge in [-0.1, -0.05) is 31.5 Å². The van der Waals surface area contributed by atoms with Gasteiger partial charge in [-0.2, -0.15) is 0 Å². The molecule has 26 heavy (non-hydrogen) atoms. The van der Waals surface area contributed by atoms with Crippen LogP contribution in [0.25, 0.3) is 0 Å². The lowest BCUT2D eigenvalue weighted by Gasteiger charge is -2.20. The van der Waals surface area contributed by atoms with Crippen molar-refractivity contribution in [2.24, 2.45) is 0 Å². The largest absolute Gasteiger partial charge is 0.484 e. The van der Waals surface area contributed by atoms with Crippen molar-refractivity contribution in [2.75, 3.05) is 30.4 Å². The average molecular weight is 356 g/mol. The Morgan fingerprint density at radius 1 is 1.15 bits per heavy atom. The summed E-state index contributed by atoms with van der Waals surface area (Å²) in [4.78, 5) is 25.7. The Morgan fingerprint density at radius 3 is 2.54 bits per heavy atom. The molecular formula is C20H24N2O4. The topological polar surface area (TPSA) is 78.9 Å². The van der Waals surface area contributed by atoms with Crippen LogP contribution >= 0.6 is 0 Å². The number of nitrogens with zero attached hydrogens (tertiary/aromatic N) is 1. The third-order valence-electron chi connectivity index (χ3n) is 3.91. The third-order valence-corrected chi connectivity index (χ3v) is 3.91. The lowest BCUT2D eigenvalue weighted by molar-refractivity contribution is -0.118. The van der Waals surface area contributed by atoms with Gasteiger partial charge >= 0.3 is 5.97 Å². The number of benzene rings is 2. The van der Waals surface area contributed by atoms with E-state index in [4.69, 9.17) is 4.74 Å². The van der Waals surface area contributed by atoms with Gasteiger partial charge in [0.05, 0.1) is 11.3 Å². The summed E-state index contributed by atoms with van der Waals surface area (Å²) in [6.45, 7) is 2.75. The van der Waals surface area contributed by atoms with E-state index in [1.165, 1.54) is 0 Å². The quantitative estimate of drug-likeness (QED) is 0.717. The number of unbranched alkanes of at least 4 members (excludes halogenated alkanes) is 1. The van der Waals surface area contributed by atoms with Crippen LogP contribution in [0, 0.1) is 0 Å². The van der Waals surface area contributed by atoms with Crippen LogP contribution in [0.5, 0.6) is 5.75 Å². The van der Waals surface area contributed by atoms with Crippen molar-refractivity contribution in [1.29, 1.82) is 0 Å². The number of carbonyl (C=O) groups is 2. The highest BCUT2D eigenvalue weighted by atomic mass is 16.5. The number of carboxylic acids is 1. The first-order valence-corrected chi connectivity index (χ1v) is 8.57. The molecule has 0 heterocycles. The van der Waals surface area contributed by atoms with Crippen LogP contribution < -0.4 is 15.0 Å². The monoisotopic (exact) mass is 356 g/mol. The summed E-state index contributed by atoms with van der Waals surface area (Å²) >= 11 is 0. The van der Waals surface area contributed by atoms with Crippen LogP contribution in [-0.2, 0) is 4.79 Å².